The van der Waals surface area contributed by atoms with Gasteiger partial charge in [-0.15, -0.1) is 0 Å². The largest absolute Gasteiger partial charge is 0.495 e. The first-order chi connectivity index (χ1) is 19.9. The van der Waals surface area contributed by atoms with Gasteiger partial charge in [0.05, 0.1) is 28.8 Å². The van der Waals surface area contributed by atoms with Crippen LogP contribution in [0.3, 0.4) is 0 Å². The molecule has 4 aromatic rings. The third kappa shape index (κ3) is 6.29. The molecule has 1 N–H and O–H groups in total. The smallest absolute Gasteiger partial charge is 0.273 e. The molecule has 13 heteroatoms. The van der Waals surface area contributed by atoms with Crippen molar-refractivity contribution in [3.8, 4) is 11.4 Å². The van der Waals surface area contributed by atoms with Gasteiger partial charge in [-0.1, -0.05) is 35.9 Å². The Hall–Kier alpha value is -4.68. The molecule has 4 rings (SSSR count). The molecule has 1 amide bonds. The van der Waals surface area contributed by atoms with Gasteiger partial charge in [0.2, 0.25) is 0 Å². The number of nitrogens with zero attached hydrogens (tertiary/aromatic N) is 4. The minimum atomic E-state index is -4.51. The van der Waals surface area contributed by atoms with Crippen molar-refractivity contribution in [2.45, 2.75) is 25.7 Å². The number of amides is 1. The summed E-state index contributed by atoms with van der Waals surface area (Å²) in [5.74, 6) is -0.649. The number of carbonyl (C=O) groups is 1. The van der Waals surface area contributed by atoms with E-state index in [0.717, 1.165) is 33.0 Å². The van der Waals surface area contributed by atoms with Gasteiger partial charge in [0.25, 0.3) is 21.6 Å². The second-order valence-electron chi connectivity index (χ2n) is 9.32. The highest BCUT2D eigenvalue weighted by Gasteiger charge is 2.31. The number of benzene rings is 3. The molecule has 0 aliphatic carbocycles. The van der Waals surface area contributed by atoms with E-state index in [1.54, 1.807) is 0 Å². The topological polar surface area (TPSA) is 136 Å². The van der Waals surface area contributed by atoms with Crippen molar-refractivity contribution < 1.29 is 22.9 Å². The molecule has 0 fully saturated rings. The van der Waals surface area contributed by atoms with Crippen molar-refractivity contribution in [1.82, 2.24) is 9.99 Å². The van der Waals surface area contributed by atoms with Gasteiger partial charge >= 0.3 is 0 Å². The Kier molecular flexibility index (Phi) is 8.98. The summed E-state index contributed by atoms with van der Waals surface area (Å²) in [5.41, 5.74) is 5.84. The Balaban J connectivity index is 1.65. The number of anilines is 1. The second-order valence-corrected chi connectivity index (χ2v) is 11.6. The third-order valence-electron chi connectivity index (χ3n) is 6.54. The zero-order chi connectivity index (χ0) is 30.6. The van der Waals surface area contributed by atoms with Gasteiger partial charge in [0, 0.05) is 39.3 Å². The fourth-order valence-corrected chi connectivity index (χ4v) is 6.07. The Bertz CT molecular complexity index is 1790. The highest BCUT2D eigenvalue weighted by molar-refractivity contribution is 7.92. The van der Waals surface area contributed by atoms with Crippen molar-refractivity contribution in [3.05, 3.63) is 110 Å². The maximum atomic E-state index is 13.8. The molecule has 1 aromatic heterocycles. The number of hydrogen-bond acceptors (Lipinski definition) is 7. The Labute approximate surface area is 248 Å². The van der Waals surface area contributed by atoms with Gasteiger partial charge < -0.3 is 9.30 Å². The van der Waals surface area contributed by atoms with E-state index in [1.807, 2.05) is 54.8 Å². The van der Waals surface area contributed by atoms with Gasteiger partial charge in [-0.2, -0.15) is 5.10 Å². The number of nitro groups is 1. The lowest BCUT2D eigenvalue weighted by molar-refractivity contribution is -0.385. The van der Waals surface area contributed by atoms with Crippen LogP contribution in [0.1, 0.15) is 22.5 Å². The van der Waals surface area contributed by atoms with Crippen LogP contribution in [0.2, 0.25) is 5.02 Å². The minimum absolute atomic E-state index is 0.0289. The number of para-hydroxylation sites is 1. The molecule has 0 spiro atoms. The SMILES string of the molecule is COc1ccc(Cl)cc1N(CC(=O)N/N=C\c1cc(C)n(-c2ccccc2)c1C)S(=O)(=O)c1ccc(C)c([N+](=O)[O-])c1. The predicted octanol–water partition coefficient (Wildman–Crippen LogP) is 5.32. The van der Waals surface area contributed by atoms with E-state index in [-0.39, 0.29) is 32.6 Å². The summed E-state index contributed by atoms with van der Waals surface area (Å²) in [6, 6.07) is 19.5. The summed E-state index contributed by atoms with van der Waals surface area (Å²) in [6.45, 7) is 4.65. The fraction of sp³-hybridized carbons (Fsp3) is 0.172. The van der Waals surface area contributed by atoms with Crippen molar-refractivity contribution >= 4 is 45.1 Å². The van der Waals surface area contributed by atoms with Gasteiger partial charge in [-0.05, 0) is 63.2 Å². The zero-order valence-corrected chi connectivity index (χ0v) is 24.8. The molecule has 0 aliphatic rings. The van der Waals surface area contributed by atoms with Crippen LogP contribution in [-0.2, 0) is 14.8 Å². The second kappa shape index (κ2) is 12.5. The Morgan fingerprint density at radius 1 is 1.10 bits per heavy atom. The molecule has 1 heterocycles. The van der Waals surface area contributed by atoms with Crippen LogP contribution in [0, 0.1) is 30.9 Å². The number of aryl methyl sites for hydroxylation is 2. The maximum Gasteiger partial charge on any atom is 0.273 e. The summed E-state index contributed by atoms with van der Waals surface area (Å²) in [4.78, 5) is 23.5. The number of methoxy groups -OCH3 is 1. The molecule has 0 atom stereocenters. The van der Waals surface area contributed by atoms with E-state index in [4.69, 9.17) is 16.3 Å². The first-order valence-corrected chi connectivity index (χ1v) is 14.4. The lowest BCUT2D eigenvalue weighted by Crippen LogP contribution is -2.39. The van der Waals surface area contributed by atoms with E-state index < -0.39 is 27.4 Å². The van der Waals surface area contributed by atoms with Crippen LogP contribution >= 0.6 is 11.6 Å². The molecular weight excluding hydrogens is 582 g/mol. The minimum Gasteiger partial charge on any atom is -0.495 e. The van der Waals surface area contributed by atoms with Crippen LogP contribution in [0.25, 0.3) is 5.69 Å². The number of sulfonamides is 1. The lowest BCUT2D eigenvalue weighted by atomic mass is 10.2. The number of aromatic nitrogens is 1. The zero-order valence-electron chi connectivity index (χ0n) is 23.2. The molecule has 3 aromatic carbocycles. The highest BCUT2D eigenvalue weighted by atomic mass is 35.5. The molecule has 0 bridgehead atoms. The first-order valence-electron chi connectivity index (χ1n) is 12.6. The summed E-state index contributed by atoms with van der Waals surface area (Å²) < 4.78 is 35.8. The molecule has 0 radical (unpaired) electrons. The van der Waals surface area contributed by atoms with Crippen molar-refractivity contribution in [1.29, 1.82) is 0 Å². The molecule has 42 heavy (non-hydrogen) atoms. The Morgan fingerprint density at radius 3 is 2.48 bits per heavy atom. The maximum absolute atomic E-state index is 13.8. The van der Waals surface area contributed by atoms with Crippen molar-refractivity contribution in [3.63, 3.8) is 0 Å². The molecule has 0 aliphatic heterocycles. The summed E-state index contributed by atoms with van der Waals surface area (Å²) in [6.07, 6.45) is 1.47. The van der Waals surface area contributed by atoms with Crippen LogP contribution in [0.4, 0.5) is 11.4 Å². The van der Waals surface area contributed by atoms with Gasteiger partial charge in [0.15, 0.2) is 0 Å². The van der Waals surface area contributed by atoms with Crippen molar-refractivity contribution in [2.24, 2.45) is 5.10 Å². The standard InChI is InChI=1S/C29H28ClN5O6S/c1-19-10-12-25(16-26(19)35(37)38)42(39,40)33(27-15-23(30)11-13-28(27)41-4)18-29(36)32-31-17-22-14-20(2)34(21(22)3)24-8-6-5-7-9-24/h5-17H,18H2,1-4H3,(H,32,36)/b31-17-. The van der Waals surface area contributed by atoms with Crippen molar-refractivity contribution in [2.75, 3.05) is 18.0 Å². The van der Waals surface area contributed by atoms with E-state index in [2.05, 4.69) is 10.5 Å². The normalized spacial score (nSPS) is 11.5. The van der Waals surface area contributed by atoms with Crippen LogP contribution < -0.4 is 14.5 Å². The van der Waals surface area contributed by atoms with Gasteiger partial charge in [-0.25, -0.2) is 13.8 Å². The number of nitro benzene ring substituents is 1. The number of hydrazone groups is 1. The van der Waals surface area contributed by atoms with E-state index >= 15 is 0 Å². The third-order valence-corrected chi connectivity index (χ3v) is 8.53. The summed E-state index contributed by atoms with van der Waals surface area (Å²) >= 11 is 6.17. The highest BCUT2D eigenvalue weighted by Crippen LogP contribution is 2.35. The summed E-state index contributed by atoms with van der Waals surface area (Å²) in [5, 5.41) is 15.7. The van der Waals surface area contributed by atoms with E-state index in [0.29, 0.717) is 0 Å². The van der Waals surface area contributed by atoms with Crippen LogP contribution in [-0.4, -0.2) is 43.7 Å². The fourth-order valence-electron chi connectivity index (χ4n) is 4.46. The monoisotopic (exact) mass is 609 g/mol. The molecule has 0 unspecified atom stereocenters. The number of ether oxygens (including phenoxy) is 1. The quantitative estimate of drug-likeness (QED) is 0.147. The number of carbonyl (C=O) groups excluding carboxylic acids is 1. The molecular formula is C29H28ClN5O6S. The predicted molar refractivity (Wildman–Crippen MR) is 161 cm³/mol. The Morgan fingerprint density at radius 2 is 1.81 bits per heavy atom. The number of nitrogens with one attached hydrogen (secondary N) is 1. The molecule has 218 valence electrons. The average molecular weight is 610 g/mol. The molecule has 11 nitrogen and oxygen atoms in total. The number of hydrogen-bond donors (Lipinski definition) is 1. The first kappa shape index (κ1) is 30.3. The summed E-state index contributed by atoms with van der Waals surface area (Å²) in [7, 11) is -3.18. The van der Waals surface area contributed by atoms with Crippen LogP contribution in [0.5, 0.6) is 5.75 Å². The molecule has 0 saturated heterocycles. The number of halogens is 1. The van der Waals surface area contributed by atoms with Gasteiger partial charge in [-0.3, -0.25) is 19.2 Å². The lowest BCUT2D eigenvalue weighted by Gasteiger charge is -2.25. The average Bonchev–Trinajstić information content (AvgIpc) is 3.24. The van der Waals surface area contributed by atoms with E-state index in [9.17, 15) is 23.3 Å². The number of rotatable bonds is 10. The molecule has 0 saturated carbocycles. The van der Waals surface area contributed by atoms with Crippen LogP contribution in [0.15, 0.2) is 82.8 Å². The van der Waals surface area contributed by atoms with E-state index in [1.165, 1.54) is 50.6 Å². The van der Waals surface area contributed by atoms with Gasteiger partial charge in [0.1, 0.15) is 12.3 Å².